The molecule has 0 bridgehead atoms. The van der Waals surface area contributed by atoms with E-state index in [2.05, 4.69) is 11.2 Å². The fourth-order valence-corrected chi connectivity index (χ4v) is 1.16. The molecule has 0 atom stereocenters. The van der Waals surface area contributed by atoms with Crippen LogP contribution in [0.5, 0.6) is 0 Å². The van der Waals surface area contributed by atoms with Gasteiger partial charge in [-0.15, -0.1) is 6.42 Å². The summed E-state index contributed by atoms with van der Waals surface area (Å²) in [5.41, 5.74) is 0. The zero-order chi connectivity index (χ0) is 10.4. The molecule has 5 nitrogen and oxygen atoms in total. The lowest BCUT2D eigenvalue weighted by Crippen LogP contribution is -2.37. The zero-order valence-corrected chi connectivity index (χ0v) is 7.78. The van der Waals surface area contributed by atoms with Crippen molar-refractivity contribution in [3.05, 3.63) is 0 Å². The summed E-state index contributed by atoms with van der Waals surface area (Å²) in [4.78, 5) is 23.7. The van der Waals surface area contributed by atoms with Crippen molar-refractivity contribution >= 4 is 12.0 Å². The lowest BCUT2D eigenvalue weighted by Gasteiger charge is -2.17. The van der Waals surface area contributed by atoms with Crippen molar-refractivity contribution in [2.45, 2.75) is 6.42 Å². The quantitative estimate of drug-likeness (QED) is 0.579. The zero-order valence-electron chi connectivity index (χ0n) is 7.78. The number of rotatable bonds is 1. The molecule has 1 fully saturated rings. The van der Waals surface area contributed by atoms with Gasteiger partial charge < -0.3 is 10.1 Å². The lowest BCUT2D eigenvalue weighted by atomic mass is 10.4. The minimum Gasteiger partial charge on any atom is -0.436 e. The molecule has 2 amide bonds. The SMILES string of the molecule is C#CCOC(=O)N1CCCNC(=O)C1. The van der Waals surface area contributed by atoms with E-state index in [1.54, 1.807) is 0 Å². The van der Waals surface area contributed by atoms with Gasteiger partial charge in [-0.05, 0) is 6.42 Å². The van der Waals surface area contributed by atoms with Crippen molar-refractivity contribution in [2.24, 2.45) is 0 Å². The van der Waals surface area contributed by atoms with E-state index >= 15 is 0 Å². The molecule has 0 aromatic heterocycles. The minimum atomic E-state index is -0.528. The van der Waals surface area contributed by atoms with E-state index in [9.17, 15) is 9.59 Å². The lowest BCUT2D eigenvalue weighted by molar-refractivity contribution is -0.121. The third-order valence-electron chi connectivity index (χ3n) is 1.80. The maximum Gasteiger partial charge on any atom is 0.411 e. The molecule has 0 radical (unpaired) electrons. The largest absolute Gasteiger partial charge is 0.436 e. The van der Waals surface area contributed by atoms with Crippen LogP contribution in [-0.2, 0) is 9.53 Å². The maximum atomic E-state index is 11.3. The van der Waals surface area contributed by atoms with Gasteiger partial charge in [0, 0.05) is 13.1 Å². The van der Waals surface area contributed by atoms with Gasteiger partial charge in [0.1, 0.15) is 6.54 Å². The molecule has 0 aromatic carbocycles. The van der Waals surface area contributed by atoms with E-state index in [-0.39, 0.29) is 19.1 Å². The predicted molar refractivity (Wildman–Crippen MR) is 49.4 cm³/mol. The molecule has 14 heavy (non-hydrogen) atoms. The van der Waals surface area contributed by atoms with E-state index < -0.39 is 6.09 Å². The minimum absolute atomic E-state index is 0.0450. The molecule has 0 saturated carbocycles. The van der Waals surface area contributed by atoms with Crippen molar-refractivity contribution in [3.63, 3.8) is 0 Å². The van der Waals surface area contributed by atoms with Crippen LogP contribution in [0.3, 0.4) is 0 Å². The molecule has 1 saturated heterocycles. The van der Waals surface area contributed by atoms with Crippen LogP contribution in [0.4, 0.5) is 4.79 Å². The number of hydrogen-bond donors (Lipinski definition) is 1. The highest BCUT2D eigenvalue weighted by Gasteiger charge is 2.20. The highest BCUT2D eigenvalue weighted by Crippen LogP contribution is 1.99. The van der Waals surface area contributed by atoms with Crippen LogP contribution in [-0.4, -0.2) is 43.1 Å². The average Bonchev–Trinajstić information content (AvgIpc) is 2.39. The first-order valence-corrected chi connectivity index (χ1v) is 4.36. The smallest absolute Gasteiger partial charge is 0.411 e. The Labute approximate surface area is 82.4 Å². The number of nitrogens with one attached hydrogen (secondary N) is 1. The summed E-state index contributed by atoms with van der Waals surface area (Å²) >= 11 is 0. The average molecular weight is 196 g/mol. The second-order valence-electron chi connectivity index (χ2n) is 2.88. The maximum absolute atomic E-state index is 11.3. The Morgan fingerprint density at radius 2 is 2.50 bits per heavy atom. The Balaban J connectivity index is 2.45. The number of ether oxygens (including phenoxy) is 1. The van der Waals surface area contributed by atoms with Crippen LogP contribution < -0.4 is 5.32 Å². The van der Waals surface area contributed by atoms with Crippen molar-refractivity contribution in [1.29, 1.82) is 0 Å². The monoisotopic (exact) mass is 196 g/mol. The number of carbonyl (C=O) groups excluding carboxylic acids is 2. The third kappa shape index (κ3) is 2.98. The molecular formula is C9H12N2O3. The first-order chi connectivity index (χ1) is 6.74. The van der Waals surface area contributed by atoms with Crippen LogP contribution in [0.1, 0.15) is 6.42 Å². The van der Waals surface area contributed by atoms with Crippen molar-refractivity contribution in [3.8, 4) is 12.3 Å². The first kappa shape index (κ1) is 10.4. The number of carbonyl (C=O) groups is 2. The van der Waals surface area contributed by atoms with Crippen molar-refractivity contribution < 1.29 is 14.3 Å². The Hall–Kier alpha value is -1.70. The van der Waals surface area contributed by atoms with Crippen LogP contribution in [0.15, 0.2) is 0 Å². The molecule has 1 rings (SSSR count). The third-order valence-corrected chi connectivity index (χ3v) is 1.80. The topological polar surface area (TPSA) is 58.6 Å². The Morgan fingerprint density at radius 1 is 1.71 bits per heavy atom. The molecule has 0 spiro atoms. The van der Waals surface area contributed by atoms with Crippen LogP contribution >= 0.6 is 0 Å². The molecule has 1 heterocycles. The molecule has 76 valence electrons. The molecule has 1 aliphatic heterocycles. The van der Waals surface area contributed by atoms with Gasteiger partial charge in [0.15, 0.2) is 6.61 Å². The van der Waals surface area contributed by atoms with E-state index in [4.69, 9.17) is 11.2 Å². The number of amides is 2. The van der Waals surface area contributed by atoms with Crippen LogP contribution in [0.25, 0.3) is 0 Å². The van der Waals surface area contributed by atoms with Gasteiger partial charge in [-0.2, -0.15) is 0 Å². The highest BCUT2D eigenvalue weighted by molar-refractivity contribution is 5.82. The summed E-state index contributed by atoms with van der Waals surface area (Å²) < 4.78 is 4.71. The summed E-state index contributed by atoms with van der Waals surface area (Å²) in [5, 5.41) is 2.66. The Morgan fingerprint density at radius 3 is 3.21 bits per heavy atom. The molecule has 0 aliphatic carbocycles. The number of terminal acetylenes is 1. The molecule has 0 unspecified atom stereocenters. The molecule has 0 aromatic rings. The normalized spacial score (nSPS) is 16.5. The van der Waals surface area contributed by atoms with Crippen molar-refractivity contribution in [1.82, 2.24) is 10.2 Å². The fraction of sp³-hybridized carbons (Fsp3) is 0.556. The van der Waals surface area contributed by atoms with Crippen LogP contribution in [0, 0.1) is 12.3 Å². The summed E-state index contributed by atoms with van der Waals surface area (Å²) in [5.74, 6) is 2.03. The van der Waals surface area contributed by atoms with Gasteiger partial charge in [-0.1, -0.05) is 5.92 Å². The van der Waals surface area contributed by atoms with Crippen molar-refractivity contribution in [2.75, 3.05) is 26.2 Å². The number of hydrogen-bond acceptors (Lipinski definition) is 3. The van der Waals surface area contributed by atoms with E-state index in [0.717, 1.165) is 6.42 Å². The van der Waals surface area contributed by atoms with Gasteiger partial charge >= 0.3 is 6.09 Å². The van der Waals surface area contributed by atoms with E-state index in [1.165, 1.54) is 4.90 Å². The Kier molecular flexibility index (Phi) is 3.80. The summed E-state index contributed by atoms with van der Waals surface area (Å²) in [7, 11) is 0. The summed E-state index contributed by atoms with van der Waals surface area (Å²) in [6.45, 7) is 1.10. The first-order valence-electron chi connectivity index (χ1n) is 4.36. The standard InChI is InChI=1S/C9H12N2O3/c1-2-6-14-9(13)11-5-3-4-10-8(12)7-11/h1H,3-7H2,(H,10,12). The number of nitrogens with zero attached hydrogens (tertiary/aromatic N) is 1. The van der Waals surface area contributed by atoms with Gasteiger partial charge in [-0.3, -0.25) is 9.69 Å². The molecule has 1 aliphatic rings. The van der Waals surface area contributed by atoms with E-state index in [0.29, 0.717) is 13.1 Å². The van der Waals surface area contributed by atoms with Gasteiger partial charge in [-0.25, -0.2) is 4.79 Å². The second-order valence-corrected chi connectivity index (χ2v) is 2.88. The molecule has 5 heteroatoms. The van der Waals surface area contributed by atoms with Gasteiger partial charge in [0.2, 0.25) is 5.91 Å². The summed E-state index contributed by atoms with van der Waals surface area (Å²) in [6.07, 6.45) is 5.14. The summed E-state index contributed by atoms with van der Waals surface area (Å²) in [6, 6.07) is 0. The molecular weight excluding hydrogens is 184 g/mol. The predicted octanol–water partition coefficient (Wildman–Crippen LogP) is -0.422. The fourth-order valence-electron chi connectivity index (χ4n) is 1.16. The van der Waals surface area contributed by atoms with Gasteiger partial charge in [0.05, 0.1) is 0 Å². The Bertz CT molecular complexity index is 270. The van der Waals surface area contributed by atoms with Crippen LogP contribution in [0.2, 0.25) is 0 Å². The molecule has 1 N–H and O–H groups in total. The van der Waals surface area contributed by atoms with E-state index in [1.807, 2.05) is 0 Å². The highest BCUT2D eigenvalue weighted by atomic mass is 16.6. The second kappa shape index (κ2) is 5.12. The van der Waals surface area contributed by atoms with Gasteiger partial charge in [0.25, 0.3) is 0 Å².